The highest BCUT2D eigenvalue weighted by Crippen LogP contribution is 2.32. The van der Waals surface area contributed by atoms with Crippen LogP contribution in [-0.4, -0.2) is 35.4 Å². The van der Waals surface area contributed by atoms with E-state index in [0.29, 0.717) is 6.54 Å². The van der Waals surface area contributed by atoms with Crippen LogP contribution in [0, 0.1) is 6.92 Å². The van der Waals surface area contributed by atoms with Crippen molar-refractivity contribution in [2.45, 2.75) is 26.9 Å². The predicted molar refractivity (Wildman–Crippen MR) is 110 cm³/mol. The summed E-state index contributed by atoms with van der Waals surface area (Å²) in [7, 11) is 0. The smallest absolute Gasteiger partial charge is 0.231 e. The lowest BCUT2D eigenvalue weighted by Gasteiger charge is -2.13. The molecule has 4 rings (SSSR count). The number of para-hydroxylation sites is 2. The van der Waals surface area contributed by atoms with E-state index in [1.807, 2.05) is 43.3 Å². The van der Waals surface area contributed by atoms with E-state index in [4.69, 9.17) is 9.47 Å². The molecule has 7 nitrogen and oxygen atoms in total. The quantitative estimate of drug-likeness (QED) is 0.509. The molecule has 1 aliphatic rings. The van der Waals surface area contributed by atoms with Crippen LogP contribution in [0.25, 0.3) is 11.0 Å². The first-order valence-electron chi connectivity index (χ1n) is 9.57. The lowest BCUT2D eigenvalue weighted by Crippen LogP contribution is -2.38. The van der Waals surface area contributed by atoms with Crippen molar-refractivity contribution in [2.24, 2.45) is 4.99 Å². The molecule has 2 aromatic carbocycles. The average Bonchev–Trinajstić information content (AvgIpc) is 3.29. The molecule has 146 valence electrons. The molecule has 0 atom stereocenters. The molecule has 0 unspecified atom stereocenters. The van der Waals surface area contributed by atoms with E-state index in [2.05, 4.69) is 38.2 Å². The average molecular weight is 379 g/mol. The molecule has 0 spiro atoms. The summed E-state index contributed by atoms with van der Waals surface area (Å²) in [5.74, 6) is 3.39. The van der Waals surface area contributed by atoms with Gasteiger partial charge < -0.3 is 24.7 Å². The fourth-order valence-electron chi connectivity index (χ4n) is 3.32. The van der Waals surface area contributed by atoms with Crippen molar-refractivity contribution in [3.63, 3.8) is 0 Å². The molecule has 0 radical (unpaired) electrons. The van der Waals surface area contributed by atoms with Crippen molar-refractivity contribution in [2.75, 3.05) is 19.9 Å². The SMILES string of the molecule is CCNC(=NCc1ccc2c(c1)OCO2)NCCn1c(C)nc2ccccc21. The Morgan fingerprint density at radius 2 is 2.00 bits per heavy atom. The highest BCUT2D eigenvalue weighted by Gasteiger charge is 2.13. The zero-order valence-corrected chi connectivity index (χ0v) is 16.2. The summed E-state index contributed by atoms with van der Waals surface area (Å²) >= 11 is 0. The number of nitrogens with zero attached hydrogens (tertiary/aromatic N) is 3. The number of fused-ring (bicyclic) bond motifs is 2. The number of ether oxygens (including phenoxy) is 2. The fraction of sp³-hybridized carbons (Fsp3) is 0.333. The van der Waals surface area contributed by atoms with Gasteiger partial charge in [0.05, 0.1) is 17.6 Å². The molecule has 2 N–H and O–H groups in total. The highest BCUT2D eigenvalue weighted by molar-refractivity contribution is 5.80. The van der Waals surface area contributed by atoms with Crippen molar-refractivity contribution >= 4 is 17.0 Å². The maximum atomic E-state index is 5.44. The van der Waals surface area contributed by atoms with Gasteiger partial charge in [0.1, 0.15) is 5.82 Å². The fourth-order valence-corrected chi connectivity index (χ4v) is 3.32. The van der Waals surface area contributed by atoms with Gasteiger partial charge in [0.25, 0.3) is 0 Å². The Morgan fingerprint density at radius 3 is 2.89 bits per heavy atom. The van der Waals surface area contributed by atoms with E-state index >= 15 is 0 Å². The molecule has 0 fully saturated rings. The maximum absolute atomic E-state index is 5.44. The summed E-state index contributed by atoms with van der Waals surface area (Å²) in [4.78, 5) is 9.30. The van der Waals surface area contributed by atoms with Crippen LogP contribution in [0.5, 0.6) is 11.5 Å². The highest BCUT2D eigenvalue weighted by atomic mass is 16.7. The van der Waals surface area contributed by atoms with Gasteiger partial charge >= 0.3 is 0 Å². The number of guanidine groups is 1. The number of rotatable bonds is 6. The minimum absolute atomic E-state index is 0.286. The first-order valence-corrected chi connectivity index (χ1v) is 9.57. The Morgan fingerprint density at radius 1 is 1.14 bits per heavy atom. The Labute approximate surface area is 164 Å². The van der Waals surface area contributed by atoms with Gasteiger partial charge in [-0.1, -0.05) is 18.2 Å². The number of aryl methyl sites for hydroxylation is 1. The van der Waals surface area contributed by atoms with Crippen LogP contribution in [0.1, 0.15) is 18.3 Å². The summed E-state index contributed by atoms with van der Waals surface area (Å²) in [5, 5.41) is 6.70. The third kappa shape index (κ3) is 3.88. The number of aromatic nitrogens is 2. The predicted octanol–water partition coefficient (Wildman–Crippen LogP) is 2.83. The van der Waals surface area contributed by atoms with Crippen LogP contribution in [0.2, 0.25) is 0 Å². The Kier molecular flexibility index (Phi) is 5.32. The van der Waals surface area contributed by atoms with Gasteiger partial charge in [-0.2, -0.15) is 0 Å². The molecule has 1 aromatic heterocycles. The number of hydrogen-bond donors (Lipinski definition) is 2. The number of imidazole rings is 1. The van der Waals surface area contributed by atoms with E-state index in [1.54, 1.807) is 0 Å². The number of nitrogens with one attached hydrogen (secondary N) is 2. The van der Waals surface area contributed by atoms with Gasteiger partial charge in [-0.05, 0) is 43.7 Å². The normalized spacial score (nSPS) is 13.1. The van der Waals surface area contributed by atoms with Crippen LogP contribution >= 0.6 is 0 Å². The number of benzene rings is 2. The summed E-state index contributed by atoms with van der Waals surface area (Å²) in [5.41, 5.74) is 3.27. The van der Waals surface area contributed by atoms with Gasteiger partial charge in [0, 0.05) is 19.6 Å². The largest absolute Gasteiger partial charge is 0.454 e. The topological polar surface area (TPSA) is 72.7 Å². The molecule has 0 aliphatic carbocycles. The third-order valence-corrected chi connectivity index (χ3v) is 4.67. The maximum Gasteiger partial charge on any atom is 0.231 e. The molecule has 3 aromatic rings. The van der Waals surface area contributed by atoms with Crippen LogP contribution in [0.3, 0.4) is 0 Å². The monoisotopic (exact) mass is 379 g/mol. The number of hydrogen-bond acceptors (Lipinski definition) is 4. The van der Waals surface area contributed by atoms with E-state index in [-0.39, 0.29) is 6.79 Å². The van der Waals surface area contributed by atoms with E-state index < -0.39 is 0 Å². The van der Waals surface area contributed by atoms with Crippen LogP contribution in [0.15, 0.2) is 47.5 Å². The van der Waals surface area contributed by atoms with Crippen LogP contribution < -0.4 is 20.1 Å². The van der Waals surface area contributed by atoms with Gasteiger partial charge in [-0.3, -0.25) is 0 Å². The minimum atomic E-state index is 0.286. The second-order valence-corrected chi connectivity index (χ2v) is 6.61. The van der Waals surface area contributed by atoms with Gasteiger partial charge in [0.15, 0.2) is 17.5 Å². The number of aliphatic imine (C=N–C) groups is 1. The van der Waals surface area contributed by atoms with Crippen LogP contribution in [0.4, 0.5) is 0 Å². The zero-order valence-electron chi connectivity index (χ0n) is 16.2. The van der Waals surface area contributed by atoms with E-state index in [0.717, 1.165) is 59.5 Å². The molecule has 1 aliphatic heterocycles. The Balaban J connectivity index is 1.39. The van der Waals surface area contributed by atoms with Crippen molar-refractivity contribution in [1.29, 1.82) is 0 Å². The summed E-state index contributed by atoms with van der Waals surface area (Å²) in [6.07, 6.45) is 0. The molecule has 2 heterocycles. The molecular weight excluding hydrogens is 354 g/mol. The van der Waals surface area contributed by atoms with Crippen molar-refractivity contribution in [3.05, 3.63) is 53.9 Å². The van der Waals surface area contributed by atoms with Crippen molar-refractivity contribution in [3.8, 4) is 11.5 Å². The molecular formula is C21H25N5O2. The van der Waals surface area contributed by atoms with Crippen molar-refractivity contribution in [1.82, 2.24) is 20.2 Å². The Hall–Kier alpha value is -3.22. The van der Waals surface area contributed by atoms with Crippen molar-refractivity contribution < 1.29 is 9.47 Å². The zero-order chi connectivity index (χ0) is 19.3. The lowest BCUT2D eigenvalue weighted by atomic mass is 10.2. The summed E-state index contributed by atoms with van der Waals surface area (Å²) in [6.45, 7) is 7.34. The second kappa shape index (κ2) is 8.21. The molecule has 0 saturated heterocycles. The molecule has 7 heteroatoms. The summed E-state index contributed by atoms with van der Waals surface area (Å²) < 4.78 is 13.0. The molecule has 0 saturated carbocycles. The molecule has 28 heavy (non-hydrogen) atoms. The second-order valence-electron chi connectivity index (χ2n) is 6.61. The standard InChI is InChI=1S/C21H25N5O2/c1-3-22-21(24-13-16-8-9-19-20(12-16)28-14-27-19)23-10-11-26-15(2)25-17-6-4-5-7-18(17)26/h4-9,12H,3,10-11,13-14H2,1-2H3,(H2,22,23,24). The van der Waals surface area contributed by atoms with Gasteiger partial charge in [0.2, 0.25) is 6.79 Å². The van der Waals surface area contributed by atoms with Crippen LogP contribution in [-0.2, 0) is 13.1 Å². The third-order valence-electron chi connectivity index (χ3n) is 4.67. The minimum Gasteiger partial charge on any atom is -0.454 e. The van der Waals surface area contributed by atoms with Gasteiger partial charge in [-0.15, -0.1) is 0 Å². The summed E-state index contributed by atoms with van der Waals surface area (Å²) in [6, 6.07) is 14.1. The van der Waals surface area contributed by atoms with E-state index in [9.17, 15) is 0 Å². The Bertz CT molecular complexity index is 996. The molecule has 0 amide bonds. The lowest BCUT2D eigenvalue weighted by molar-refractivity contribution is 0.174. The van der Waals surface area contributed by atoms with E-state index in [1.165, 1.54) is 0 Å². The van der Waals surface area contributed by atoms with Gasteiger partial charge in [-0.25, -0.2) is 9.98 Å². The first-order chi connectivity index (χ1) is 13.7. The first kappa shape index (κ1) is 18.2. The molecule has 0 bridgehead atoms.